The van der Waals surface area contributed by atoms with Crippen LogP contribution in [0.4, 0.5) is 0 Å². The molecule has 1 N–H and O–H groups in total. The first kappa shape index (κ1) is 12.2. The Kier molecular flexibility index (Phi) is 2.79. The van der Waals surface area contributed by atoms with E-state index in [1.54, 1.807) is 6.20 Å². The summed E-state index contributed by atoms with van der Waals surface area (Å²) in [4.78, 5) is 4.24. The zero-order chi connectivity index (χ0) is 13.5. The lowest BCUT2D eigenvalue weighted by atomic mass is 10.3. The van der Waals surface area contributed by atoms with Gasteiger partial charge in [0.1, 0.15) is 11.6 Å². The summed E-state index contributed by atoms with van der Waals surface area (Å²) in [5, 5.41) is 9.40. The van der Waals surface area contributed by atoms with E-state index in [0.29, 0.717) is 13.1 Å². The Labute approximate surface area is 111 Å². The van der Waals surface area contributed by atoms with E-state index in [2.05, 4.69) is 4.98 Å². The Balaban J connectivity index is 1.94. The zero-order valence-electron chi connectivity index (χ0n) is 10.1. The van der Waals surface area contributed by atoms with Gasteiger partial charge >= 0.3 is 0 Å². The van der Waals surface area contributed by atoms with Gasteiger partial charge < -0.3 is 9.67 Å². The highest BCUT2D eigenvalue weighted by Gasteiger charge is 2.28. The summed E-state index contributed by atoms with van der Waals surface area (Å²) >= 11 is 0. The lowest BCUT2D eigenvalue weighted by Gasteiger charge is -2.26. The molecule has 1 aliphatic rings. The van der Waals surface area contributed by atoms with E-state index >= 15 is 0 Å². The van der Waals surface area contributed by atoms with Gasteiger partial charge in [0, 0.05) is 25.5 Å². The van der Waals surface area contributed by atoms with Gasteiger partial charge in [0.25, 0.3) is 0 Å². The number of nitrogens with zero attached hydrogens (tertiary/aromatic N) is 3. The van der Waals surface area contributed by atoms with Crippen molar-refractivity contribution in [3.8, 4) is 5.75 Å². The second-order valence-electron chi connectivity index (χ2n) is 4.37. The third-order valence-electron chi connectivity index (χ3n) is 3.17. The molecule has 1 aliphatic heterocycles. The summed E-state index contributed by atoms with van der Waals surface area (Å²) in [5.41, 5.74) is 0. The summed E-state index contributed by atoms with van der Waals surface area (Å²) in [7, 11) is -3.59. The Hall–Kier alpha value is -1.86. The first-order valence-corrected chi connectivity index (χ1v) is 7.30. The molecule has 0 fully saturated rings. The Morgan fingerprint density at radius 1 is 1.26 bits per heavy atom. The van der Waals surface area contributed by atoms with Crippen LogP contribution in [0.3, 0.4) is 0 Å². The molecule has 0 unspecified atom stereocenters. The largest absolute Gasteiger partial charge is 0.508 e. The van der Waals surface area contributed by atoms with Crippen LogP contribution in [0.2, 0.25) is 0 Å². The van der Waals surface area contributed by atoms with Gasteiger partial charge in [-0.2, -0.15) is 4.31 Å². The summed E-state index contributed by atoms with van der Waals surface area (Å²) in [6.45, 7) is 1.25. The number of sulfonamides is 1. The number of hydrogen-bond acceptors (Lipinski definition) is 4. The van der Waals surface area contributed by atoms with Gasteiger partial charge in [-0.05, 0) is 18.2 Å². The molecule has 0 aliphatic carbocycles. The van der Waals surface area contributed by atoms with Gasteiger partial charge in [-0.25, -0.2) is 13.4 Å². The normalized spacial score (nSPS) is 16.2. The average Bonchev–Trinajstić information content (AvgIpc) is 2.85. The van der Waals surface area contributed by atoms with Crippen molar-refractivity contribution < 1.29 is 13.5 Å². The lowest BCUT2D eigenvalue weighted by Crippen LogP contribution is -2.38. The minimum atomic E-state index is -3.59. The zero-order valence-corrected chi connectivity index (χ0v) is 10.9. The number of rotatable bonds is 2. The monoisotopic (exact) mass is 279 g/mol. The van der Waals surface area contributed by atoms with E-state index in [0.717, 1.165) is 5.82 Å². The number of fused-ring (bicyclic) bond motifs is 1. The van der Waals surface area contributed by atoms with Crippen LogP contribution in [0.15, 0.2) is 41.6 Å². The third kappa shape index (κ3) is 2.11. The van der Waals surface area contributed by atoms with Crippen molar-refractivity contribution in [1.29, 1.82) is 0 Å². The maximum Gasteiger partial charge on any atom is 0.243 e. The fourth-order valence-electron chi connectivity index (χ4n) is 2.15. The van der Waals surface area contributed by atoms with Crippen LogP contribution < -0.4 is 0 Å². The SMILES string of the molecule is O=S(=O)(c1cccc(O)c1)N1CCn2ccnc2C1. The smallest absolute Gasteiger partial charge is 0.243 e. The minimum Gasteiger partial charge on any atom is -0.508 e. The lowest BCUT2D eigenvalue weighted by molar-refractivity contribution is 0.335. The predicted octanol–water partition coefficient (Wildman–Crippen LogP) is 0.793. The highest BCUT2D eigenvalue weighted by atomic mass is 32.2. The second kappa shape index (κ2) is 4.36. The number of aromatic nitrogens is 2. The van der Waals surface area contributed by atoms with Crippen molar-refractivity contribution in [3.05, 3.63) is 42.5 Å². The van der Waals surface area contributed by atoms with Crippen LogP contribution in [0.1, 0.15) is 5.82 Å². The molecule has 1 aromatic heterocycles. The van der Waals surface area contributed by atoms with E-state index in [1.807, 2.05) is 10.8 Å². The molecule has 100 valence electrons. The number of phenols is 1. The van der Waals surface area contributed by atoms with Crippen LogP contribution in [0, 0.1) is 0 Å². The molecule has 0 spiro atoms. The van der Waals surface area contributed by atoms with Crippen molar-refractivity contribution in [3.63, 3.8) is 0 Å². The Morgan fingerprint density at radius 2 is 2.11 bits per heavy atom. The summed E-state index contributed by atoms with van der Waals surface area (Å²) in [5.74, 6) is 0.676. The molecule has 0 saturated carbocycles. The number of aromatic hydroxyl groups is 1. The molecule has 0 bridgehead atoms. The fraction of sp³-hybridized carbons (Fsp3) is 0.250. The molecule has 1 aromatic carbocycles. The van der Waals surface area contributed by atoms with E-state index < -0.39 is 10.0 Å². The quantitative estimate of drug-likeness (QED) is 0.882. The first-order valence-electron chi connectivity index (χ1n) is 5.86. The predicted molar refractivity (Wildman–Crippen MR) is 67.9 cm³/mol. The van der Waals surface area contributed by atoms with Crippen molar-refractivity contribution in [1.82, 2.24) is 13.9 Å². The number of phenolic OH excluding ortho intramolecular Hbond substituents is 1. The number of benzene rings is 1. The van der Waals surface area contributed by atoms with Crippen LogP contribution in [0.25, 0.3) is 0 Å². The van der Waals surface area contributed by atoms with Crippen molar-refractivity contribution in [2.24, 2.45) is 0 Å². The molecule has 2 heterocycles. The highest BCUT2D eigenvalue weighted by molar-refractivity contribution is 7.89. The molecule has 0 radical (unpaired) electrons. The molecular weight excluding hydrogens is 266 g/mol. The van der Waals surface area contributed by atoms with Gasteiger partial charge in [-0.1, -0.05) is 6.07 Å². The van der Waals surface area contributed by atoms with E-state index in [1.165, 1.54) is 28.6 Å². The number of imidazole rings is 1. The molecule has 2 aromatic rings. The molecule has 0 amide bonds. The van der Waals surface area contributed by atoms with Gasteiger partial charge in [0.15, 0.2) is 0 Å². The van der Waals surface area contributed by atoms with Gasteiger partial charge in [-0.3, -0.25) is 0 Å². The molecule has 7 heteroatoms. The second-order valence-corrected chi connectivity index (χ2v) is 6.31. The highest BCUT2D eigenvalue weighted by Crippen LogP contribution is 2.23. The standard InChI is InChI=1S/C12H13N3O3S/c16-10-2-1-3-11(8-10)19(17,18)15-7-6-14-5-4-13-12(14)9-15/h1-5,8,16H,6-7,9H2. The van der Waals surface area contributed by atoms with Gasteiger partial charge in [0.2, 0.25) is 10.0 Å². The maximum absolute atomic E-state index is 12.4. The molecule has 6 nitrogen and oxygen atoms in total. The maximum atomic E-state index is 12.4. The fourth-order valence-corrected chi connectivity index (χ4v) is 3.58. The Bertz CT molecular complexity index is 709. The topological polar surface area (TPSA) is 75.4 Å². The van der Waals surface area contributed by atoms with Crippen molar-refractivity contribution >= 4 is 10.0 Å². The van der Waals surface area contributed by atoms with E-state index in [9.17, 15) is 13.5 Å². The van der Waals surface area contributed by atoms with Crippen LogP contribution >= 0.6 is 0 Å². The van der Waals surface area contributed by atoms with Gasteiger partial charge in [0.05, 0.1) is 11.4 Å². The molecule has 3 rings (SSSR count). The first-order chi connectivity index (χ1) is 9.07. The Morgan fingerprint density at radius 3 is 2.89 bits per heavy atom. The molecule has 0 atom stereocenters. The van der Waals surface area contributed by atoms with E-state index in [4.69, 9.17) is 0 Å². The third-order valence-corrected chi connectivity index (χ3v) is 5.01. The van der Waals surface area contributed by atoms with Crippen LogP contribution in [0.5, 0.6) is 5.75 Å². The van der Waals surface area contributed by atoms with Crippen molar-refractivity contribution in [2.75, 3.05) is 6.54 Å². The molecular formula is C12H13N3O3S. The van der Waals surface area contributed by atoms with Crippen molar-refractivity contribution in [2.45, 2.75) is 18.0 Å². The average molecular weight is 279 g/mol. The summed E-state index contributed by atoms with van der Waals surface area (Å²) in [6, 6.07) is 5.71. The van der Waals surface area contributed by atoms with Crippen LogP contribution in [-0.4, -0.2) is 33.9 Å². The summed E-state index contributed by atoms with van der Waals surface area (Å²) in [6.07, 6.45) is 3.51. The molecule has 19 heavy (non-hydrogen) atoms. The minimum absolute atomic E-state index is 0.0559. The number of hydrogen-bond donors (Lipinski definition) is 1. The van der Waals surface area contributed by atoms with Gasteiger partial charge in [-0.15, -0.1) is 0 Å². The van der Waals surface area contributed by atoms with Crippen LogP contribution in [-0.2, 0) is 23.1 Å². The molecule has 0 saturated heterocycles. The summed E-state index contributed by atoms with van der Waals surface area (Å²) < 4.78 is 28.2. The van der Waals surface area contributed by atoms with E-state index in [-0.39, 0.29) is 17.2 Å².